The van der Waals surface area contributed by atoms with Crippen LogP contribution in [-0.2, 0) is 23.9 Å². The molecule has 0 fully saturated rings. The number of carbonyl (C=O) groups is 4. The van der Waals surface area contributed by atoms with Gasteiger partial charge in [0.25, 0.3) is 0 Å². The first kappa shape index (κ1) is 16.4. The largest absolute Gasteiger partial charge is 0.468 e. The third kappa shape index (κ3) is 7.66. The highest BCUT2D eigenvalue weighted by atomic mass is 32.2. The van der Waals surface area contributed by atoms with Crippen LogP contribution in [0.4, 0.5) is 0 Å². The minimum atomic E-state index is -0.860. The number of ether oxygens (including phenoxy) is 1. The van der Waals surface area contributed by atoms with E-state index in [0.29, 0.717) is 0 Å². The van der Waals surface area contributed by atoms with Crippen LogP contribution in [0, 0.1) is 0 Å². The predicted octanol–water partition coefficient (Wildman–Crippen LogP) is -0.940. The summed E-state index contributed by atoms with van der Waals surface area (Å²) in [6.45, 7) is 2.34. The number of nitrogens with one attached hydrogen (secondary N) is 2. The summed E-state index contributed by atoms with van der Waals surface area (Å²) in [6, 6.07) is -0.860. The smallest absolute Gasteiger partial charge is 0.325 e. The first-order chi connectivity index (χ1) is 8.36. The topological polar surface area (TPSA) is 102 Å². The zero-order valence-corrected chi connectivity index (χ0v) is 11.3. The van der Waals surface area contributed by atoms with Crippen LogP contribution in [-0.4, -0.2) is 48.3 Å². The lowest BCUT2D eigenvalue weighted by molar-refractivity contribution is -0.141. The van der Waals surface area contributed by atoms with Crippen LogP contribution in [0.1, 0.15) is 13.8 Å². The number of hydrogen-bond acceptors (Lipinski definition) is 6. The van der Waals surface area contributed by atoms with Crippen molar-refractivity contribution in [1.82, 2.24) is 10.6 Å². The number of thioether (sulfide) groups is 1. The Kier molecular flexibility index (Phi) is 7.77. The number of amides is 2. The Labute approximate surface area is 109 Å². The molecule has 18 heavy (non-hydrogen) atoms. The fourth-order valence-electron chi connectivity index (χ4n) is 0.984. The highest BCUT2D eigenvalue weighted by molar-refractivity contribution is 8.13. The van der Waals surface area contributed by atoms with Crippen LogP contribution in [0.2, 0.25) is 0 Å². The zero-order chi connectivity index (χ0) is 14.1. The Bertz CT molecular complexity index is 345. The summed E-state index contributed by atoms with van der Waals surface area (Å²) in [6.07, 6.45) is 0. The van der Waals surface area contributed by atoms with Crippen LogP contribution in [0.25, 0.3) is 0 Å². The van der Waals surface area contributed by atoms with Crippen LogP contribution >= 0.6 is 11.8 Å². The summed E-state index contributed by atoms with van der Waals surface area (Å²) < 4.78 is 4.36. The Morgan fingerprint density at radius 1 is 1.22 bits per heavy atom. The van der Waals surface area contributed by atoms with Gasteiger partial charge in [0.15, 0.2) is 5.12 Å². The Morgan fingerprint density at radius 2 is 1.83 bits per heavy atom. The molecule has 0 bridgehead atoms. The van der Waals surface area contributed by atoms with Crippen molar-refractivity contribution in [3.05, 3.63) is 0 Å². The molecule has 2 amide bonds. The molecule has 0 saturated heterocycles. The summed E-state index contributed by atoms with van der Waals surface area (Å²) in [7, 11) is 1.20. The lowest BCUT2D eigenvalue weighted by Crippen LogP contribution is -2.49. The van der Waals surface area contributed by atoms with Gasteiger partial charge in [0.2, 0.25) is 11.8 Å². The van der Waals surface area contributed by atoms with Crippen molar-refractivity contribution in [1.29, 1.82) is 0 Å². The van der Waals surface area contributed by atoms with E-state index in [0.717, 1.165) is 11.8 Å². The molecular formula is C10H16N2O5S. The van der Waals surface area contributed by atoms with Crippen molar-refractivity contribution < 1.29 is 23.9 Å². The van der Waals surface area contributed by atoms with E-state index in [9.17, 15) is 19.2 Å². The van der Waals surface area contributed by atoms with Crippen molar-refractivity contribution in [2.75, 3.05) is 19.4 Å². The van der Waals surface area contributed by atoms with Crippen LogP contribution in [0.5, 0.6) is 0 Å². The minimum absolute atomic E-state index is 0.113. The van der Waals surface area contributed by atoms with E-state index in [-0.39, 0.29) is 17.4 Å². The molecule has 0 rings (SSSR count). The Balaban J connectivity index is 4.34. The summed E-state index contributed by atoms with van der Waals surface area (Å²) in [5, 5.41) is 4.55. The zero-order valence-electron chi connectivity index (χ0n) is 10.4. The third-order valence-corrected chi connectivity index (χ3v) is 2.69. The summed E-state index contributed by atoms with van der Waals surface area (Å²) >= 11 is 0.919. The maximum atomic E-state index is 11.7. The van der Waals surface area contributed by atoms with E-state index in [1.807, 2.05) is 0 Å². The number of methoxy groups -OCH3 is 1. The van der Waals surface area contributed by atoms with Crippen molar-refractivity contribution in [2.45, 2.75) is 19.9 Å². The fourth-order valence-corrected chi connectivity index (χ4v) is 1.62. The summed E-state index contributed by atoms with van der Waals surface area (Å²) in [4.78, 5) is 44.2. The summed E-state index contributed by atoms with van der Waals surface area (Å²) in [5.74, 6) is -1.41. The third-order valence-electron chi connectivity index (χ3n) is 1.78. The molecule has 0 saturated carbocycles. The van der Waals surface area contributed by atoms with Gasteiger partial charge in [0, 0.05) is 19.6 Å². The molecule has 0 aromatic heterocycles. The fraction of sp³-hybridized carbons (Fsp3) is 0.600. The molecule has 0 spiro atoms. The molecule has 0 unspecified atom stereocenters. The molecule has 8 heteroatoms. The van der Waals surface area contributed by atoms with Gasteiger partial charge in [-0.2, -0.15) is 0 Å². The van der Waals surface area contributed by atoms with Gasteiger partial charge >= 0.3 is 5.97 Å². The number of rotatable bonds is 6. The standard InChI is InChI=1S/C10H16N2O5S/c1-6(13)12-8(5-18-7(2)14)10(16)11-4-9(15)17-3/h8H,4-5H2,1-3H3,(H,11,16)(H,12,13)/t8-/m0/s1. The molecule has 0 radical (unpaired) electrons. The highest BCUT2D eigenvalue weighted by Gasteiger charge is 2.20. The Morgan fingerprint density at radius 3 is 2.28 bits per heavy atom. The molecule has 1 atom stereocenters. The van der Waals surface area contributed by atoms with Gasteiger partial charge in [-0.3, -0.25) is 19.2 Å². The predicted molar refractivity (Wildman–Crippen MR) is 65.8 cm³/mol. The number of carbonyl (C=O) groups excluding carboxylic acids is 4. The first-order valence-corrected chi connectivity index (χ1v) is 6.10. The van der Waals surface area contributed by atoms with Gasteiger partial charge in [0.05, 0.1) is 7.11 Å². The normalized spacial score (nSPS) is 11.3. The van der Waals surface area contributed by atoms with E-state index in [1.165, 1.54) is 21.0 Å². The van der Waals surface area contributed by atoms with Crippen molar-refractivity contribution >= 4 is 34.7 Å². The lowest BCUT2D eigenvalue weighted by Gasteiger charge is -2.16. The first-order valence-electron chi connectivity index (χ1n) is 5.11. The van der Waals surface area contributed by atoms with Crippen molar-refractivity contribution in [3.8, 4) is 0 Å². The minimum Gasteiger partial charge on any atom is -0.468 e. The molecule has 0 aliphatic carbocycles. The van der Waals surface area contributed by atoms with Gasteiger partial charge in [-0.15, -0.1) is 0 Å². The number of hydrogen-bond donors (Lipinski definition) is 2. The van der Waals surface area contributed by atoms with Gasteiger partial charge in [0.1, 0.15) is 12.6 Å². The SMILES string of the molecule is COC(=O)CNC(=O)[C@H](CSC(C)=O)NC(C)=O. The molecule has 0 aromatic rings. The molecule has 0 heterocycles. The quantitative estimate of drug-likeness (QED) is 0.607. The second-order valence-electron chi connectivity index (χ2n) is 3.35. The van der Waals surface area contributed by atoms with E-state index in [1.54, 1.807) is 0 Å². The van der Waals surface area contributed by atoms with Crippen LogP contribution in [0.3, 0.4) is 0 Å². The molecule has 0 aliphatic heterocycles. The van der Waals surface area contributed by atoms with Crippen molar-refractivity contribution in [2.24, 2.45) is 0 Å². The average Bonchev–Trinajstić information content (AvgIpc) is 2.30. The molecule has 0 aromatic carbocycles. The van der Waals surface area contributed by atoms with Gasteiger partial charge < -0.3 is 15.4 Å². The van der Waals surface area contributed by atoms with Crippen LogP contribution < -0.4 is 10.6 Å². The molecule has 2 N–H and O–H groups in total. The van der Waals surface area contributed by atoms with Gasteiger partial charge in [-0.25, -0.2) is 0 Å². The molecule has 0 aliphatic rings. The Hall–Kier alpha value is -1.57. The molecular weight excluding hydrogens is 260 g/mol. The van der Waals surface area contributed by atoms with Gasteiger partial charge in [-0.1, -0.05) is 11.8 Å². The monoisotopic (exact) mass is 276 g/mol. The number of esters is 1. The second-order valence-corrected chi connectivity index (χ2v) is 4.55. The summed E-state index contributed by atoms with van der Waals surface area (Å²) in [5.41, 5.74) is 0. The van der Waals surface area contributed by atoms with E-state index in [2.05, 4.69) is 15.4 Å². The average molecular weight is 276 g/mol. The molecule has 7 nitrogen and oxygen atoms in total. The van der Waals surface area contributed by atoms with E-state index >= 15 is 0 Å². The van der Waals surface area contributed by atoms with E-state index < -0.39 is 23.8 Å². The lowest BCUT2D eigenvalue weighted by atomic mass is 10.3. The maximum Gasteiger partial charge on any atom is 0.325 e. The van der Waals surface area contributed by atoms with Crippen molar-refractivity contribution in [3.63, 3.8) is 0 Å². The van der Waals surface area contributed by atoms with Crippen LogP contribution in [0.15, 0.2) is 0 Å². The van der Waals surface area contributed by atoms with E-state index in [4.69, 9.17) is 0 Å². The highest BCUT2D eigenvalue weighted by Crippen LogP contribution is 2.04. The second kappa shape index (κ2) is 8.51. The molecule has 102 valence electrons. The van der Waals surface area contributed by atoms with Gasteiger partial charge in [-0.05, 0) is 0 Å². The maximum absolute atomic E-state index is 11.7.